The van der Waals surface area contributed by atoms with Crippen LogP contribution in [0.2, 0.25) is 0 Å². The number of thioether (sulfide) groups is 1. The van der Waals surface area contributed by atoms with Gasteiger partial charge in [-0.25, -0.2) is 9.79 Å². The number of rotatable bonds is 4. The van der Waals surface area contributed by atoms with Gasteiger partial charge < -0.3 is 30.6 Å². The molecule has 0 aliphatic carbocycles. The maximum Gasteiger partial charge on any atom is 0.353 e. The zero-order chi connectivity index (χ0) is 19.7. The van der Waals surface area contributed by atoms with E-state index in [0.717, 1.165) is 37.0 Å². The van der Waals surface area contributed by atoms with Gasteiger partial charge >= 0.3 is 5.97 Å². The molecule has 5 rings (SSSR count). The Morgan fingerprint density at radius 3 is 2.75 bits per heavy atom. The summed E-state index contributed by atoms with van der Waals surface area (Å²) in [5.74, 6) is -0.971. The second-order valence-electron chi connectivity index (χ2n) is 8.35. The summed E-state index contributed by atoms with van der Waals surface area (Å²) in [6.07, 6.45) is -0.768. The van der Waals surface area contributed by atoms with Crippen LogP contribution in [0, 0.1) is 11.8 Å². The lowest BCUT2D eigenvalue weighted by molar-refractivity contribution is -0.163. The van der Waals surface area contributed by atoms with Gasteiger partial charge in [-0.2, -0.15) is 0 Å². The van der Waals surface area contributed by atoms with E-state index in [2.05, 4.69) is 15.5 Å². The standard InChI is InChI=1S/C18H25N5O4S/c1-7-13-12(8(2)24)16(25)23(13)14(17(26)27)15(7)28-9-5-22(6-9)18-20-10-3-19-4-11(10)21-18/h7-13,19,24H,3-6H2,1-2H3,(H,20,21)(H,26,27)/t7-,8-,10?,11?,12-,13-/m1/s1. The number of carbonyl (C=O) groups excluding carboxylic acids is 1. The highest BCUT2D eigenvalue weighted by atomic mass is 32.2. The molecule has 0 bridgehead atoms. The number of aliphatic carboxylic acids is 1. The van der Waals surface area contributed by atoms with Crippen molar-refractivity contribution in [3.63, 3.8) is 0 Å². The van der Waals surface area contributed by atoms with Crippen molar-refractivity contribution in [1.82, 2.24) is 20.4 Å². The zero-order valence-corrected chi connectivity index (χ0v) is 16.6. The van der Waals surface area contributed by atoms with Gasteiger partial charge in [-0.3, -0.25) is 4.79 Å². The maximum absolute atomic E-state index is 12.4. The quantitative estimate of drug-likeness (QED) is 0.432. The SMILES string of the molecule is C[C@@H](O)[C@H]1C(=O)N2C(C(=O)O)=C(SC3CN(C4=NC5CNCC5N4)C3)[C@H](C)[C@H]12. The molecule has 0 radical (unpaired) electrons. The van der Waals surface area contributed by atoms with Crippen LogP contribution in [0.15, 0.2) is 15.6 Å². The van der Waals surface area contributed by atoms with Crippen molar-refractivity contribution in [2.24, 2.45) is 16.8 Å². The number of nitrogens with zero attached hydrogens (tertiary/aromatic N) is 3. The first-order valence-corrected chi connectivity index (χ1v) is 10.7. The van der Waals surface area contributed by atoms with E-state index in [4.69, 9.17) is 4.99 Å². The summed E-state index contributed by atoms with van der Waals surface area (Å²) in [5.41, 5.74) is 0.111. The molecule has 4 N–H and O–H groups in total. The average molecular weight is 407 g/mol. The molecule has 3 saturated heterocycles. The number of carboxylic acid groups (broad SMARTS) is 1. The molecule has 5 heterocycles. The molecular weight excluding hydrogens is 382 g/mol. The Hall–Kier alpha value is -1.78. The van der Waals surface area contributed by atoms with Crippen molar-refractivity contribution in [3.8, 4) is 0 Å². The van der Waals surface area contributed by atoms with Gasteiger partial charge in [-0.1, -0.05) is 6.92 Å². The van der Waals surface area contributed by atoms with Crippen LogP contribution in [0.25, 0.3) is 0 Å². The van der Waals surface area contributed by atoms with E-state index in [1.807, 2.05) is 6.92 Å². The molecule has 2 unspecified atom stereocenters. The average Bonchev–Trinajstić information content (AvgIpc) is 3.22. The van der Waals surface area contributed by atoms with Crippen LogP contribution in [0.4, 0.5) is 0 Å². The minimum Gasteiger partial charge on any atom is -0.477 e. The maximum atomic E-state index is 12.4. The summed E-state index contributed by atoms with van der Waals surface area (Å²) in [5, 5.41) is 26.7. The molecule has 3 fully saturated rings. The number of carboxylic acids is 1. The fraction of sp³-hybridized carbons (Fsp3) is 0.722. The number of carbonyl (C=O) groups is 2. The van der Waals surface area contributed by atoms with Gasteiger partial charge in [0.15, 0.2) is 5.96 Å². The number of guanidine groups is 1. The minimum absolute atomic E-state index is 0.0742. The number of nitrogens with one attached hydrogen (secondary N) is 2. The number of aliphatic hydroxyl groups excluding tert-OH is 1. The van der Waals surface area contributed by atoms with E-state index in [0.29, 0.717) is 12.1 Å². The number of fused-ring (bicyclic) bond motifs is 2. The number of likely N-dealkylation sites (tertiary alicyclic amines) is 1. The van der Waals surface area contributed by atoms with Gasteiger partial charge in [0.1, 0.15) is 5.70 Å². The van der Waals surface area contributed by atoms with Crippen molar-refractivity contribution in [2.75, 3.05) is 26.2 Å². The summed E-state index contributed by atoms with van der Waals surface area (Å²) < 4.78 is 0. The largest absolute Gasteiger partial charge is 0.477 e. The van der Waals surface area contributed by atoms with Gasteiger partial charge in [-0.05, 0) is 6.92 Å². The molecule has 0 aromatic carbocycles. The Morgan fingerprint density at radius 2 is 2.11 bits per heavy atom. The van der Waals surface area contributed by atoms with E-state index in [1.54, 1.807) is 18.7 Å². The van der Waals surface area contributed by atoms with Crippen LogP contribution in [0.3, 0.4) is 0 Å². The van der Waals surface area contributed by atoms with Crippen LogP contribution in [-0.2, 0) is 9.59 Å². The second kappa shape index (κ2) is 6.36. The fourth-order valence-corrected chi connectivity index (χ4v) is 6.54. The molecule has 10 heteroatoms. The number of aliphatic hydroxyl groups is 1. The van der Waals surface area contributed by atoms with E-state index in [9.17, 15) is 19.8 Å². The highest BCUT2D eigenvalue weighted by Gasteiger charge is 2.60. The molecule has 0 aromatic heterocycles. The molecule has 9 nitrogen and oxygen atoms in total. The monoisotopic (exact) mass is 407 g/mol. The number of amides is 1. The Bertz CT molecular complexity index is 793. The highest BCUT2D eigenvalue weighted by molar-refractivity contribution is 8.03. The van der Waals surface area contributed by atoms with Crippen molar-refractivity contribution < 1.29 is 19.8 Å². The third-order valence-corrected chi connectivity index (χ3v) is 7.99. The Labute approximate surface area is 167 Å². The lowest BCUT2D eigenvalue weighted by atomic mass is 9.79. The van der Waals surface area contributed by atoms with Crippen LogP contribution in [0.5, 0.6) is 0 Å². The lowest BCUT2D eigenvalue weighted by Crippen LogP contribution is -2.63. The predicted molar refractivity (Wildman–Crippen MR) is 104 cm³/mol. The predicted octanol–water partition coefficient (Wildman–Crippen LogP) is -1.14. The molecule has 5 aliphatic heterocycles. The topological polar surface area (TPSA) is 118 Å². The summed E-state index contributed by atoms with van der Waals surface area (Å²) in [6, 6.07) is 0.444. The number of hydrogen-bond acceptors (Lipinski definition) is 8. The highest BCUT2D eigenvalue weighted by Crippen LogP contribution is 2.51. The Balaban J connectivity index is 1.27. The van der Waals surface area contributed by atoms with Crippen molar-refractivity contribution >= 4 is 29.6 Å². The summed E-state index contributed by atoms with van der Waals surface area (Å²) in [7, 11) is 0. The molecule has 0 spiro atoms. The van der Waals surface area contributed by atoms with Crippen LogP contribution in [0.1, 0.15) is 13.8 Å². The third kappa shape index (κ3) is 2.50. The molecular formula is C18H25N5O4S. The smallest absolute Gasteiger partial charge is 0.353 e. The first-order chi connectivity index (χ1) is 13.4. The summed E-state index contributed by atoms with van der Waals surface area (Å²) >= 11 is 1.57. The van der Waals surface area contributed by atoms with Gasteiger partial charge in [0, 0.05) is 42.3 Å². The van der Waals surface area contributed by atoms with Crippen molar-refractivity contribution in [1.29, 1.82) is 0 Å². The molecule has 5 aliphatic rings. The van der Waals surface area contributed by atoms with Crippen molar-refractivity contribution in [2.45, 2.75) is 43.3 Å². The Morgan fingerprint density at radius 1 is 1.36 bits per heavy atom. The van der Waals surface area contributed by atoms with E-state index < -0.39 is 18.0 Å². The first kappa shape index (κ1) is 18.3. The van der Waals surface area contributed by atoms with E-state index >= 15 is 0 Å². The van der Waals surface area contributed by atoms with Gasteiger partial charge in [0.05, 0.1) is 30.1 Å². The molecule has 152 valence electrons. The van der Waals surface area contributed by atoms with Crippen molar-refractivity contribution in [3.05, 3.63) is 10.6 Å². The second-order valence-corrected chi connectivity index (χ2v) is 9.69. The Kier molecular flexibility index (Phi) is 4.15. The third-order valence-electron chi connectivity index (χ3n) is 6.54. The van der Waals surface area contributed by atoms with E-state index in [-0.39, 0.29) is 28.8 Å². The fourth-order valence-electron chi connectivity index (χ4n) is 5.02. The van der Waals surface area contributed by atoms with Gasteiger partial charge in [-0.15, -0.1) is 11.8 Å². The van der Waals surface area contributed by atoms with Crippen LogP contribution < -0.4 is 10.6 Å². The van der Waals surface area contributed by atoms with Crippen LogP contribution >= 0.6 is 11.8 Å². The minimum atomic E-state index is -1.06. The summed E-state index contributed by atoms with van der Waals surface area (Å²) in [4.78, 5) is 33.4. The number of β-lactam (4-membered cyclic amide) rings is 1. The number of aliphatic imine (C=N–C) groups is 1. The molecule has 6 atom stereocenters. The molecule has 0 saturated carbocycles. The molecule has 28 heavy (non-hydrogen) atoms. The summed E-state index contributed by atoms with van der Waals surface area (Å²) in [6.45, 7) is 7.03. The molecule has 0 aromatic rings. The lowest BCUT2D eigenvalue weighted by Gasteiger charge is -2.46. The number of hydrogen-bond donors (Lipinski definition) is 4. The van der Waals surface area contributed by atoms with Gasteiger partial charge in [0.25, 0.3) is 0 Å². The van der Waals surface area contributed by atoms with Gasteiger partial charge in [0.2, 0.25) is 5.91 Å². The first-order valence-electron chi connectivity index (χ1n) is 9.82. The normalized spacial score (nSPS) is 37.9. The zero-order valence-electron chi connectivity index (χ0n) is 15.8. The molecule has 1 amide bonds. The van der Waals surface area contributed by atoms with E-state index in [1.165, 1.54) is 4.90 Å². The van der Waals surface area contributed by atoms with Crippen LogP contribution in [-0.4, -0.2) is 93.5 Å².